The van der Waals surface area contributed by atoms with Crippen LogP contribution in [0.25, 0.3) is 0 Å². The molecule has 0 aliphatic heterocycles. The molecule has 8 heteroatoms. The van der Waals surface area contributed by atoms with Gasteiger partial charge in [-0.05, 0) is 30.3 Å². The first-order chi connectivity index (χ1) is 12.6. The number of anilines is 3. The van der Waals surface area contributed by atoms with Gasteiger partial charge in [0.2, 0.25) is 5.95 Å². The molecule has 0 saturated carbocycles. The molecule has 0 radical (unpaired) electrons. The average Bonchev–Trinajstić information content (AvgIpc) is 2.65. The van der Waals surface area contributed by atoms with Crippen LogP contribution in [0.1, 0.15) is 10.5 Å². The maximum Gasteiger partial charge on any atom is 0.274 e. The fourth-order valence-corrected chi connectivity index (χ4v) is 2.19. The summed E-state index contributed by atoms with van der Waals surface area (Å²) in [6, 6.07) is 11.4. The van der Waals surface area contributed by atoms with Gasteiger partial charge in [0, 0.05) is 12.3 Å². The van der Waals surface area contributed by atoms with Crippen LogP contribution >= 0.6 is 0 Å². The molecule has 1 amide bonds. The number of carbonyl (C=O) groups is 1. The van der Waals surface area contributed by atoms with E-state index in [2.05, 4.69) is 20.6 Å². The van der Waals surface area contributed by atoms with Crippen molar-refractivity contribution in [1.82, 2.24) is 9.97 Å². The third-order valence-corrected chi connectivity index (χ3v) is 3.42. The predicted octanol–water partition coefficient (Wildman–Crippen LogP) is 3.76. The van der Waals surface area contributed by atoms with Crippen molar-refractivity contribution in [3.63, 3.8) is 0 Å². The van der Waals surface area contributed by atoms with Gasteiger partial charge in [-0.2, -0.15) is 0 Å². The maximum atomic E-state index is 13.7. The number of rotatable bonds is 5. The van der Waals surface area contributed by atoms with Crippen LogP contribution < -0.4 is 15.4 Å². The van der Waals surface area contributed by atoms with E-state index in [4.69, 9.17) is 4.74 Å². The molecule has 3 aromatic rings. The summed E-state index contributed by atoms with van der Waals surface area (Å²) in [6.45, 7) is 0. The van der Waals surface area contributed by atoms with Crippen LogP contribution in [0, 0.1) is 11.6 Å². The van der Waals surface area contributed by atoms with Crippen molar-refractivity contribution in [3.8, 4) is 5.75 Å². The van der Waals surface area contributed by atoms with Crippen molar-refractivity contribution in [2.45, 2.75) is 0 Å². The Morgan fingerprint density at radius 2 is 1.88 bits per heavy atom. The van der Waals surface area contributed by atoms with Crippen LogP contribution in [0.4, 0.5) is 26.1 Å². The summed E-state index contributed by atoms with van der Waals surface area (Å²) < 4.78 is 31.9. The second kappa shape index (κ2) is 7.56. The normalized spacial score (nSPS) is 10.3. The molecule has 0 bridgehead atoms. The van der Waals surface area contributed by atoms with Gasteiger partial charge in [0.15, 0.2) is 0 Å². The molecule has 0 aliphatic carbocycles. The van der Waals surface area contributed by atoms with E-state index in [-0.39, 0.29) is 17.3 Å². The number of nitrogens with zero attached hydrogens (tertiary/aromatic N) is 2. The molecule has 0 spiro atoms. The number of benzene rings is 2. The van der Waals surface area contributed by atoms with Crippen molar-refractivity contribution in [3.05, 3.63) is 72.1 Å². The molecule has 0 aliphatic rings. The fraction of sp³-hybridized carbons (Fsp3) is 0.0556. The topological polar surface area (TPSA) is 76.1 Å². The standard InChI is InChI=1S/C18H14F2N4O2/c1-26-16-5-3-2-4-14(16)22-17(25)15-8-9-21-18(24-15)23-13-7-6-11(19)10-12(13)20/h2-10H,1H3,(H,22,25)(H,21,23,24). The summed E-state index contributed by atoms with van der Waals surface area (Å²) in [5.41, 5.74) is 0.544. The molecular weight excluding hydrogens is 342 g/mol. The number of amides is 1. The highest BCUT2D eigenvalue weighted by Gasteiger charge is 2.13. The van der Waals surface area contributed by atoms with Crippen molar-refractivity contribution in [2.75, 3.05) is 17.7 Å². The molecular formula is C18H14F2N4O2. The number of aromatic nitrogens is 2. The molecule has 0 saturated heterocycles. The quantitative estimate of drug-likeness (QED) is 0.728. The Balaban J connectivity index is 1.79. The number of nitrogens with one attached hydrogen (secondary N) is 2. The predicted molar refractivity (Wildman–Crippen MR) is 92.6 cm³/mol. The highest BCUT2D eigenvalue weighted by molar-refractivity contribution is 6.03. The molecule has 3 rings (SSSR count). The van der Waals surface area contributed by atoms with Gasteiger partial charge in [-0.25, -0.2) is 18.7 Å². The summed E-state index contributed by atoms with van der Waals surface area (Å²) in [7, 11) is 1.49. The lowest BCUT2D eigenvalue weighted by Gasteiger charge is -2.10. The van der Waals surface area contributed by atoms with E-state index < -0.39 is 17.5 Å². The first-order valence-electron chi connectivity index (χ1n) is 7.56. The monoisotopic (exact) mass is 356 g/mol. The number of ether oxygens (including phenoxy) is 1. The van der Waals surface area contributed by atoms with Gasteiger partial charge in [-0.15, -0.1) is 0 Å². The molecule has 6 nitrogen and oxygen atoms in total. The molecule has 1 heterocycles. The minimum absolute atomic E-state index is 0.00295. The van der Waals surface area contributed by atoms with E-state index in [1.165, 1.54) is 25.4 Å². The number of methoxy groups -OCH3 is 1. The van der Waals surface area contributed by atoms with Gasteiger partial charge in [-0.3, -0.25) is 4.79 Å². The number of para-hydroxylation sites is 2. The van der Waals surface area contributed by atoms with Gasteiger partial charge in [0.05, 0.1) is 18.5 Å². The van der Waals surface area contributed by atoms with E-state index in [0.29, 0.717) is 11.4 Å². The van der Waals surface area contributed by atoms with Crippen LogP contribution in [0.3, 0.4) is 0 Å². The van der Waals surface area contributed by atoms with Crippen molar-refractivity contribution in [2.24, 2.45) is 0 Å². The molecule has 2 N–H and O–H groups in total. The first-order valence-corrected chi connectivity index (χ1v) is 7.56. The molecule has 0 fully saturated rings. The van der Waals surface area contributed by atoms with Gasteiger partial charge < -0.3 is 15.4 Å². The second-order valence-electron chi connectivity index (χ2n) is 5.17. The van der Waals surface area contributed by atoms with Gasteiger partial charge in [-0.1, -0.05) is 12.1 Å². The Morgan fingerprint density at radius 3 is 2.65 bits per heavy atom. The number of hydrogen-bond donors (Lipinski definition) is 2. The SMILES string of the molecule is COc1ccccc1NC(=O)c1ccnc(Nc2ccc(F)cc2F)n1. The zero-order valence-electron chi connectivity index (χ0n) is 13.7. The molecule has 0 atom stereocenters. The van der Waals surface area contributed by atoms with Gasteiger partial charge >= 0.3 is 0 Å². The summed E-state index contributed by atoms with van der Waals surface area (Å²) in [4.78, 5) is 20.4. The maximum absolute atomic E-state index is 13.7. The van der Waals surface area contributed by atoms with Gasteiger partial charge in [0.25, 0.3) is 5.91 Å². The minimum Gasteiger partial charge on any atom is -0.495 e. The van der Waals surface area contributed by atoms with E-state index in [1.54, 1.807) is 24.3 Å². The Labute approximate surface area is 147 Å². The molecule has 0 unspecified atom stereocenters. The van der Waals surface area contributed by atoms with Gasteiger partial charge in [0.1, 0.15) is 23.1 Å². The lowest BCUT2D eigenvalue weighted by Crippen LogP contribution is -2.15. The zero-order chi connectivity index (χ0) is 18.5. The average molecular weight is 356 g/mol. The number of hydrogen-bond acceptors (Lipinski definition) is 5. The van der Waals surface area contributed by atoms with E-state index >= 15 is 0 Å². The lowest BCUT2D eigenvalue weighted by atomic mass is 10.2. The highest BCUT2D eigenvalue weighted by atomic mass is 19.1. The first kappa shape index (κ1) is 17.3. The summed E-state index contributed by atoms with van der Waals surface area (Å²) >= 11 is 0. The number of carbonyl (C=O) groups excluding carboxylic acids is 1. The summed E-state index contributed by atoms with van der Waals surface area (Å²) in [5.74, 6) is -1.47. The van der Waals surface area contributed by atoms with E-state index in [0.717, 1.165) is 12.1 Å². The van der Waals surface area contributed by atoms with Crippen LogP contribution in [0.2, 0.25) is 0 Å². The van der Waals surface area contributed by atoms with Crippen LogP contribution in [-0.4, -0.2) is 23.0 Å². The minimum atomic E-state index is -0.794. The Kier molecular flexibility index (Phi) is 5.02. The molecule has 26 heavy (non-hydrogen) atoms. The molecule has 2 aromatic carbocycles. The Hall–Kier alpha value is -3.55. The van der Waals surface area contributed by atoms with E-state index in [9.17, 15) is 13.6 Å². The number of halogens is 2. The smallest absolute Gasteiger partial charge is 0.274 e. The Morgan fingerprint density at radius 1 is 1.08 bits per heavy atom. The third kappa shape index (κ3) is 3.92. The second-order valence-corrected chi connectivity index (χ2v) is 5.17. The molecule has 1 aromatic heterocycles. The third-order valence-electron chi connectivity index (χ3n) is 3.42. The van der Waals surface area contributed by atoms with Crippen molar-refractivity contribution in [1.29, 1.82) is 0 Å². The fourth-order valence-electron chi connectivity index (χ4n) is 2.19. The van der Waals surface area contributed by atoms with Crippen LogP contribution in [0.15, 0.2) is 54.7 Å². The van der Waals surface area contributed by atoms with E-state index in [1.807, 2.05) is 0 Å². The molecule has 132 valence electrons. The Bertz CT molecular complexity index is 950. The van der Waals surface area contributed by atoms with Crippen LogP contribution in [-0.2, 0) is 0 Å². The lowest BCUT2D eigenvalue weighted by molar-refractivity contribution is 0.102. The van der Waals surface area contributed by atoms with Crippen LogP contribution in [0.5, 0.6) is 5.75 Å². The largest absolute Gasteiger partial charge is 0.495 e. The zero-order valence-corrected chi connectivity index (χ0v) is 13.7. The summed E-state index contributed by atoms with van der Waals surface area (Å²) in [5, 5.41) is 5.29. The van der Waals surface area contributed by atoms with Crippen molar-refractivity contribution >= 4 is 23.2 Å². The van der Waals surface area contributed by atoms with Crippen molar-refractivity contribution < 1.29 is 18.3 Å². The highest BCUT2D eigenvalue weighted by Crippen LogP contribution is 2.24. The summed E-state index contributed by atoms with van der Waals surface area (Å²) in [6.07, 6.45) is 1.36.